The molecule has 6 heteroatoms. The van der Waals surface area contributed by atoms with Gasteiger partial charge < -0.3 is 5.32 Å². The van der Waals surface area contributed by atoms with Gasteiger partial charge in [-0.05, 0) is 32.1 Å². The molecule has 6 nitrogen and oxygen atoms in total. The maximum absolute atomic E-state index is 10.6. The van der Waals surface area contributed by atoms with Gasteiger partial charge in [0.15, 0.2) is 0 Å². The zero-order chi connectivity index (χ0) is 14.4. The van der Waals surface area contributed by atoms with E-state index in [2.05, 4.69) is 16.4 Å². The molecule has 1 N–H and O–H groups in total. The summed E-state index contributed by atoms with van der Waals surface area (Å²) in [6.07, 6.45) is 9.16. The Bertz CT molecular complexity index is 575. The first kappa shape index (κ1) is 14.0. The number of nitriles is 1. The summed E-state index contributed by atoms with van der Waals surface area (Å²) in [4.78, 5) is 14.0. The average Bonchev–Trinajstić information content (AvgIpc) is 2.48. The number of nitrogens with one attached hydrogen (secondary N) is 1. The molecule has 0 unspecified atom stereocenters. The van der Waals surface area contributed by atoms with Crippen molar-refractivity contribution in [3.63, 3.8) is 0 Å². The van der Waals surface area contributed by atoms with Crippen molar-refractivity contribution in [2.24, 2.45) is 0 Å². The van der Waals surface area contributed by atoms with E-state index >= 15 is 0 Å². The Labute approximate surface area is 117 Å². The van der Waals surface area contributed by atoms with Gasteiger partial charge in [0.05, 0.1) is 4.92 Å². The van der Waals surface area contributed by atoms with E-state index in [4.69, 9.17) is 5.26 Å². The maximum Gasteiger partial charge on any atom is 0.289 e. The van der Waals surface area contributed by atoms with E-state index < -0.39 is 4.92 Å². The monoisotopic (exact) mass is 272 g/mol. The van der Waals surface area contributed by atoms with Crippen LogP contribution in [0.25, 0.3) is 0 Å². The van der Waals surface area contributed by atoms with E-state index in [9.17, 15) is 10.1 Å². The van der Waals surface area contributed by atoms with Crippen LogP contribution in [0.5, 0.6) is 0 Å². The molecule has 1 aliphatic rings. The van der Waals surface area contributed by atoms with Gasteiger partial charge in [-0.1, -0.05) is 11.6 Å². The van der Waals surface area contributed by atoms with E-state index in [-0.39, 0.29) is 11.3 Å². The van der Waals surface area contributed by atoms with Crippen molar-refractivity contribution in [3.8, 4) is 6.07 Å². The van der Waals surface area contributed by atoms with Crippen molar-refractivity contribution in [2.45, 2.75) is 32.1 Å². The standard InChI is InChI=1S/C14H16N4O2/c15-9-12-8-13(18(19)20)10-17-14(12)16-7-6-11-4-2-1-3-5-11/h4,8,10H,1-3,5-7H2,(H,16,17). The number of allylic oxidation sites excluding steroid dienone is 1. The van der Waals surface area contributed by atoms with Gasteiger partial charge in [-0.2, -0.15) is 5.26 Å². The summed E-state index contributed by atoms with van der Waals surface area (Å²) in [5, 5.41) is 22.7. The highest BCUT2D eigenvalue weighted by Crippen LogP contribution is 2.21. The van der Waals surface area contributed by atoms with Crippen LogP contribution in [0.1, 0.15) is 37.7 Å². The molecule has 1 aliphatic carbocycles. The van der Waals surface area contributed by atoms with Crippen LogP contribution in [0, 0.1) is 21.4 Å². The smallest absolute Gasteiger partial charge is 0.289 e. The lowest BCUT2D eigenvalue weighted by molar-refractivity contribution is -0.385. The molecule has 1 aromatic heterocycles. The molecule has 1 aromatic rings. The highest BCUT2D eigenvalue weighted by Gasteiger charge is 2.12. The number of nitro groups is 1. The summed E-state index contributed by atoms with van der Waals surface area (Å²) < 4.78 is 0. The van der Waals surface area contributed by atoms with Gasteiger partial charge in [-0.15, -0.1) is 0 Å². The van der Waals surface area contributed by atoms with E-state index in [1.807, 2.05) is 6.07 Å². The first-order chi connectivity index (χ1) is 9.70. The number of anilines is 1. The lowest BCUT2D eigenvalue weighted by atomic mass is 9.97. The topological polar surface area (TPSA) is 91.8 Å². The largest absolute Gasteiger partial charge is 0.369 e. The molecule has 1 heterocycles. The second kappa shape index (κ2) is 6.66. The lowest BCUT2D eigenvalue weighted by Gasteiger charge is -2.13. The molecule has 0 aliphatic heterocycles. The molecule has 20 heavy (non-hydrogen) atoms. The number of rotatable bonds is 5. The van der Waals surface area contributed by atoms with Gasteiger partial charge in [0.2, 0.25) is 0 Å². The molecule has 0 atom stereocenters. The van der Waals surface area contributed by atoms with E-state index in [0.717, 1.165) is 19.3 Å². The Morgan fingerprint density at radius 1 is 1.50 bits per heavy atom. The molecule has 0 saturated heterocycles. The molecule has 0 fully saturated rings. The van der Waals surface area contributed by atoms with Crippen LogP contribution in [0.15, 0.2) is 23.9 Å². The minimum Gasteiger partial charge on any atom is -0.369 e. The van der Waals surface area contributed by atoms with Crippen LogP contribution in [-0.4, -0.2) is 16.5 Å². The first-order valence-electron chi connectivity index (χ1n) is 6.67. The molecule has 0 amide bonds. The van der Waals surface area contributed by atoms with E-state index in [1.54, 1.807) is 0 Å². The van der Waals surface area contributed by atoms with Gasteiger partial charge in [-0.3, -0.25) is 10.1 Å². The van der Waals surface area contributed by atoms with Crippen LogP contribution in [0.4, 0.5) is 11.5 Å². The van der Waals surface area contributed by atoms with Crippen LogP contribution in [0.2, 0.25) is 0 Å². The third kappa shape index (κ3) is 3.54. The fourth-order valence-electron chi connectivity index (χ4n) is 2.25. The van der Waals surface area contributed by atoms with Gasteiger partial charge in [0.1, 0.15) is 23.6 Å². The number of aromatic nitrogens is 1. The third-order valence-corrected chi connectivity index (χ3v) is 3.33. The number of nitrogens with zero attached hydrogens (tertiary/aromatic N) is 3. The molecular weight excluding hydrogens is 256 g/mol. The second-order valence-electron chi connectivity index (χ2n) is 4.74. The minimum atomic E-state index is -0.551. The van der Waals surface area contributed by atoms with E-state index in [0.29, 0.717) is 12.4 Å². The van der Waals surface area contributed by atoms with Crippen molar-refractivity contribution in [1.82, 2.24) is 4.98 Å². The quantitative estimate of drug-likeness (QED) is 0.505. The maximum atomic E-state index is 10.6. The average molecular weight is 272 g/mol. The molecule has 0 spiro atoms. The minimum absolute atomic E-state index is 0.165. The Morgan fingerprint density at radius 3 is 3.00 bits per heavy atom. The van der Waals surface area contributed by atoms with Gasteiger partial charge in [0, 0.05) is 12.6 Å². The second-order valence-corrected chi connectivity index (χ2v) is 4.74. The third-order valence-electron chi connectivity index (χ3n) is 3.33. The molecule has 0 saturated carbocycles. The van der Waals surface area contributed by atoms with Crippen LogP contribution in [-0.2, 0) is 0 Å². The fourth-order valence-corrected chi connectivity index (χ4v) is 2.25. The SMILES string of the molecule is N#Cc1cc([N+](=O)[O-])cnc1NCCC1=CCCCC1. The highest BCUT2D eigenvalue weighted by atomic mass is 16.6. The summed E-state index contributed by atoms with van der Waals surface area (Å²) in [6, 6.07) is 3.18. The predicted octanol–water partition coefficient (Wildman–Crippen LogP) is 3.16. The summed E-state index contributed by atoms with van der Waals surface area (Å²) in [7, 11) is 0. The highest BCUT2D eigenvalue weighted by molar-refractivity contribution is 5.55. The van der Waals surface area contributed by atoms with Crippen molar-refractivity contribution in [1.29, 1.82) is 5.26 Å². The van der Waals surface area contributed by atoms with E-state index in [1.165, 1.54) is 30.7 Å². The molecule has 104 valence electrons. The predicted molar refractivity (Wildman–Crippen MR) is 75.3 cm³/mol. The summed E-state index contributed by atoms with van der Waals surface area (Å²) in [5.74, 6) is 0.412. The van der Waals surface area contributed by atoms with Gasteiger partial charge >= 0.3 is 0 Å². The van der Waals surface area contributed by atoms with Crippen LogP contribution < -0.4 is 5.32 Å². The van der Waals surface area contributed by atoms with Crippen LogP contribution in [0.3, 0.4) is 0 Å². The van der Waals surface area contributed by atoms with Crippen molar-refractivity contribution in [3.05, 3.63) is 39.6 Å². The normalized spacial score (nSPS) is 14.2. The van der Waals surface area contributed by atoms with Gasteiger partial charge in [-0.25, -0.2) is 4.98 Å². The number of hydrogen-bond acceptors (Lipinski definition) is 5. The van der Waals surface area contributed by atoms with Crippen molar-refractivity contribution in [2.75, 3.05) is 11.9 Å². The molecule has 0 bridgehead atoms. The summed E-state index contributed by atoms with van der Waals surface area (Å²) in [5.41, 5.74) is 1.48. The summed E-state index contributed by atoms with van der Waals surface area (Å²) in [6.45, 7) is 0.686. The van der Waals surface area contributed by atoms with Crippen LogP contribution >= 0.6 is 0 Å². The molecular formula is C14H16N4O2. The summed E-state index contributed by atoms with van der Waals surface area (Å²) >= 11 is 0. The van der Waals surface area contributed by atoms with Crippen molar-refractivity contribution < 1.29 is 4.92 Å². The molecule has 2 rings (SSSR count). The number of hydrogen-bond donors (Lipinski definition) is 1. The van der Waals surface area contributed by atoms with Crippen molar-refractivity contribution >= 4 is 11.5 Å². The molecule has 0 radical (unpaired) electrons. The Kier molecular flexibility index (Phi) is 4.66. The lowest BCUT2D eigenvalue weighted by Crippen LogP contribution is -2.07. The fraction of sp³-hybridized carbons (Fsp3) is 0.429. The zero-order valence-corrected chi connectivity index (χ0v) is 11.1. The van der Waals surface area contributed by atoms with Gasteiger partial charge in [0.25, 0.3) is 5.69 Å². The Hall–Kier alpha value is -2.42. The Morgan fingerprint density at radius 2 is 2.35 bits per heavy atom. The zero-order valence-electron chi connectivity index (χ0n) is 11.1. The number of pyridine rings is 1. The molecule has 0 aromatic carbocycles. The first-order valence-corrected chi connectivity index (χ1v) is 6.67. The Balaban J connectivity index is 1.97.